The fourth-order valence-electron chi connectivity index (χ4n) is 6.79. The Labute approximate surface area is 189 Å². The van der Waals surface area contributed by atoms with Crippen molar-refractivity contribution >= 4 is 17.7 Å². The third kappa shape index (κ3) is 7.21. The Morgan fingerprint density at radius 2 is 1.55 bits per heavy atom. The summed E-state index contributed by atoms with van der Waals surface area (Å²) < 4.78 is 0. The molecule has 6 heteroatoms. The SMILES string of the molecule is CCNC(=O)C(C)CC12CCCC(C1)CC(CCNC(C)=O)(CC(C)C(=O)NCC)C2. The maximum Gasteiger partial charge on any atom is 0.222 e. The summed E-state index contributed by atoms with van der Waals surface area (Å²) in [6, 6.07) is 0. The van der Waals surface area contributed by atoms with E-state index in [4.69, 9.17) is 0 Å². The zero-order chi connectivity index (χ0) is 23.1. The van der Waals surface area contributed by atoms with Gasteiger partial charge in [0, 0.05) is 38.4 Å². The van der Waals surface area contributed by atoms with Gasteiger partial charge in [-0.3, -0.25) is 14.4 Å². The number of hydrogen-bond acceptors (Lipinski definition) is 3. The molecule has 2 fully saturated rings. The number of carbonyl (C=O) groups is 3. The molecule has 2 bridgehead atoms. The molecule has 0 aromatic carbocycles. The van der Waals surface area contributed by atoms with E-state index in [9.17, 15) is 14.4 Å². The summed E-state index contributed by atoms with van der Waals surface area (Å²) in [4.78, 5) is 36.6. The van der Waals surface area contributed by atoms with Crippen LogP contribution < -0.4 is 16.0 Å². The van der Waals surface area contributed by atoms with Crippen LogP contribution in [0.1, 0.15) is 92.4 Å². The van der Waals surface area contributed by atoms with Gasteiger partial charge in [0.15, 0.2) is 0 Å². The number of nitrogens with one attached hydrogen (secondary N) is 3. The van der Waals surface area contributed by atoms with E-state index in [0.717, 1.165) is 32.1 Å². The van der Waals surface area contributed by atoms with Crippen molar-refractivity contribution in [3.63, 3.8) is 0 Å². The zero-order valence-electron chi connectivity index (χ0n) is 20.4. The van der Waals surface area contributed by atoms with Crippen LogP contribution in [0.3, 0.4) is 0 Å². The van der Waals surface area contributed by atoms with E-state index in [1.807, 2.05) is 20.8 Å². The lowest BCUT2D eigenvalue weighted by atomic mass is 9.50. The smallest absolute Gasteiger partial charge is 0.222 e. The molecule has 2 saturated carbocycles. The summed E-state index contributed by atoms with van der Waals surface area (Å²) >= 11 is 0. The van der Waals surface area contributed by atoms with Crippen LogP contribution in [0, 0.1) is 28.6 Å². The first-order valence-corrected chi connectivity index (χ1v) is 12.4. The van der Waals surface area contributed by atoms with Crippen molar-refractivity contribution in [2.24, 2.45) is 28.6 Å². The summed E-state index contributed by atoms with van der Waals surface area (Å²) in [6.07, 6.45) is 9.73. The van der Waals surface area contributed by atoms with Crippen LogP contribution in [0.25, 0.3) is 0 Å². The van der Waals surface area contributed by atoms with Crippen LogP contribution >= 0.6 is 0 Å². The Bertz CT molecular complexity index is 638. The highest BCUT2D eigenvalue weighted by Gasteiger charge is 2.51. The Balaban J connectivity index is 2.25. The Morgan fingerprint density at radius 1 is 0.935 bits per heavy atom. The van der Waals surface area contributed by atoms with Gasteiger partial charge in [-0.25, -0.2) is 0 Å². The van der Waals surface area contributed by atoms with Crippen molar-refractivity contribution in [3.8, 4) is 0 Å². The van der Waals surface area contributed by atoms with Crippen LogP contribution in [0.15, 0.2) is 0 Å². The number of fused-ring (bicyclic) bond motifs is 2. The highest BCUT2D eigenvalue weighted by molar-refractivity contribution is 5.78. The van der Waals surface area contributed by atoms with Crippen LogP contribution in [-0.2, 0) is 14.4 Å². The normalized spacial score (nSPS) is 29.5. The van der Waals surface area contributed by atoms with Gasteiger partial charge in [-0.05, 0) is 75.5 Å². The number of hydrogen-bond donors (Lipinski definition) is 3. The average Bonchev–Trinajstić information content (AvgIpc) is 2.67. The second-order valence-electron chi connectivity index (χ2n) is 10.6. The van der Waals surface area contributed by atoms with Gasteiger partial charge in [-0.15, -0.1) is 0 Å². The second kappa shape index (κ2) is 11.3. The molecule has 2 rings (SSSR count). The van der Waals surface area contributed by atoms with Gasteiger partial charge in [0.25, 0.3) is 0 Å². The molecule has 0 aromatic heterocycles. The van der Waals surface area contributed by atoms with E-state index in [2.05, 4.69) is 22.9 Å². The van der Waals surface area contributed by atoms with E-state index >= 15 is 0 Å². The monoisotopic (exact) mass is 435 g/mol. The predicted octanol–water partition coefficient (Wildman–Crippen LogP) is 3.79. The van der Waals surface area contributed by atoms with E-state index in [-0.39, 0.29) is 40.4 Å². The van der Waals surface area contributed by atoms with E-state index in [1.54, 1.807) is 6.92 Å². The number of rotatable bonds is 11. The largest absolute Gasteiger partial charge is 0.356 e. The van der Waals surface area contributed by atoms with Gasteiger partial charge in [0.05, 0.1) is 0 Å². The molecule has 3 amide bonds. The minimum Gasteiger partial charge on any atom is -0.356 e. The number of carbonyl (C=O) groups excluding carboxylic acids is 3. The minimum atomic E-state index is -0.0473. The molecule has 5 atom stereocenters. The molecule has 0 radical (unpaired) electrons. The highest BCUT2D eigenvalue weighted by Crippen LogP contribution is 2.60. The van der Waals surface area contributed by atoms with Crippen LogP contribution in [0.4, 0.5) is 0 Å². The van der Waals surface area contributed by atoms with Crippen LogP contribution in [0.2, 0.25) is 0 Å². The van der Waals surface area contributed by atoms with Crippen molar-refractivity contribution in [2.45, 2.75) is 92.4 Å². The molecule has 2 aliphatic rings. The van der Waals surface area contributed by atoms with Gasteiger partial charge in [-0.1, -0.05) is 26.7 Å². The van der Waals surface area contributed by atoms with Crippen molar-refractivity contribution in [1.29, 1.82) is 0 Å². The molecule has 3 N–H and O–H groups in total. The molecular weight excluding hydrogens is 390 g/mol. The standard InChI is InChI=1S/C25H45N3O3/c1-6-26-22(30)18(3)13-24-10-8-9-21(15-24)16-25(17-24,11-12-28-20(5)29)14-19(4)23(31)27-7-2/h18-19,21H,6-17H2,1-5H3,(H,26,30)(H,27,31)(H,28,29). The first-order valence-electron chi connectivity index (χ1n) is 12.4. The molecular formula is C25H45N3O3. The number of amides is 3. The lowest BCUT2D eigenvalue weighted by Gasteiger charge is -2.55. The Morgan fingerprint density at radius 3 is 2.13 bits per heavy atom. The maximum absolute atomic E-state index is 12.6. The Kier molecular flexibility index (Phi) is 9.38. The molecule has 178 valence electrons. The Hall–Kier alpha value is -1.59. The quantitative estimate of drug-likeness (QED) is 0.461. The first-order chi connectivity index (χ1) is 14.6. The predicted molar refractivity (Wildman–Crippen MR) is 124 cm³/mol. The van der Waals surface area contributed by atoms with E-state index < -0.39 is 0 Å². The molecule has 0 aliphatic heterocycles. The molecule has 0 heterocycles. The zero-order valence-corrected chi connectivity index (χ0v) is 20.4. The highest BCUT2D eigenvalue weighted by atomic mass is 16.2. The summed E-state index contributed by atoms with van der Waals surface area (Å²) in [5.41, 5.74) is 0.208. The van der Waals surface area contributed by atoms with Crippen LogP contribution in [-0.4, -0.2) is 37.4 Å². The summed E-state index contributed by atoms with van der Waals surface area (Å²) in [6.45, 7) is 11.6. The third-order valence-electron chi connectivity index (χ3n) is 7.62. The molecule has 2 aliphatic carbocycles. The first kappa shape index (κ1) is 25.7. The van der Waals surface area contributed by atoms with Crippen molar-refractivity contribution in [1.82, 2.24) is 16.0 Å². The topological polar surface area (TPSA) is 87.3 Å². The lowest BCUT2D eigenvalue weighted by molar-refractivity contribution is -0.129. The van der Waals surface area contributed by atoms with E-state index in [0.29, 0.717) is 25.6 Å². The van der Waals surface area contributed by atoms with Gasteiger partial charge < -0.3 is 16.0 Å². The van der Waals surface area contributed by atoms with Crippen molar-refractivity contribution in [3.05, 3.63) is 0 Å². The summed E-state index contributed by atoms with van der Waals surface area (Å²) in [5, 5.41) is 8.98. The second-order valence-corrected chi connectivity index (χ2v) is 10.6. The molecule has 5 unspecified atom stereocenters. The third-order valence-corrected chi connectivity index (χ3v) is 7.62. The molecule has 6 nitrogen and oxygen atoms in total. The van der Waals surface area contributed by atoms with Gasteiger partial charge in [-0.2, -0.15) is 0 Å². The van der Waals surface area contributed by atoms with Crippen molar-refractivity contribution < 1.29 is 14.4 Å². The fraction of sp³-hybridized carbons (Fsp3) is 0.880. The molecule has 0 aromatic rings. The van der Waals surface area contributed by atoms with Crippen LogP contribution in [0.5, 0.6) is 0 Å². The fourth-order valence-corrected chi connectivity index (χ4v) is 6.79. The summed E-state index contributed by atoms with van der Waals surface area (Å²) in [7, 11) is 0. The van der Waals surface area contributed by atoms with Gasteiger partial charge in [0.2, 0.25) is 17.7 Å². The molecule has 0 spiro atoms. The van der Waals surface area contributed by atoms with Gasteiger partial charge >= 0.3 is 0 Å². The average molecular weight is 436 g/mol. The summed E-state index contributed by atoms with van der Waals surface area (Å²) in [5.74, 6) is 0.899. The van der Waals surface area contributed by atoms with Gasteiger partial charge in [0.1, 0.15) is 0 Å². The molecule has 31 heavy (non-hydrogen) atoms. The van der Waals surface area contributed by atoms with E-state index in [1.165, 1.54) is 25.7 Å². The minimum absolute atomic E-state index is 0.00232. The maximum atomic E-state index is 12.6. The lowest BCUT2D eigenvalue weighted by Crippen LogP contribution is -2.47. The molecule has 0 saturated heterocycles. The van der Waals surface area contributed by atoms with Crippen molar-refractivity contribution in [2.75, 3.05) is 19.6 Å².